The molecule has 0 aliphatic heterocycles. The molecule has 0 atom stereocenters. The van der Waals surface area contributed by atoms with Gasteiger partial charge in [0.1, 0.15) is 22.3 Å². The van der Waals surface area contributed by atoms with Crippen molar-refractivity contribution in [3.05, 3.63) is 349 Å². The second-order valence-corrected chi connectivity index (χ2v) is 23.2. The summed E-state index contributed by atoms with van der Waals surface area (Å²) in [7, 11) is 0. The largest absolute Gasteiger partial charge is 0.456 e. The Kier molecular flexibility index (Phi) is 20.9. The van der Waals surface area contributed by atoms with E-state index in [0.717, 1.165) is 55.4 Å². The van der Waals surface area contributed by atoms with Crippen LogP contribution in [0.3, 0.4) is 0 Å². The Balaban J connectivity index is 0.000000110. The molecule has 0 aliphatic carbocycles. The van der Waals surface area contributed by atoms with Crippen LogP contribution in [-0.2, 0) is 0 Å². The van der Waals surface area contributed by atoms with Crippen molar-refractivity contribution in [3.8, 4) is 0 Å². The van der Waals surface area contributed by atoms with E-state index in [2.05, 4.69) is 255 Å². The summed E-state index contributed by atoms with van der Waals surface area (Å²) >= 11 is 0. The Hall–Kier alpha value is -11.7. The maximum Gasteiger partial charge on any atom is 0.138 e. The molecule has 18 aromatic rings. The lowest BCUT2D eigenvalue weighted by Gasteiger charge is -1.97. The number of hydrogen-bond acceptors (Lipinski definition) is 8. The van der Waals surface area contributed by atoms with E-state index < -0.39 is 0 Å². The molecule has 8 aromatic heterocycles. The number of pyridine rings is 6. The quantitative estimate of drug-likeness (QED) is 0.148. The van der Waals surface area contributed by atoms with Crippen LogP contribution in [-0.4, -0.2) is 29.9 Å². The lowest BCUT2D eigenvalue weighted by atomic mass is 10.1. The van der Waals surface area contributed by atoms with Crippen LogP contribution in [0.25, 0.3) is 109 Å². The summed E-state index contributed by atoms with van der Waals surface area (Å²) in [6.07, 6.45) is 10.9. The van der Waals surface area contributed by atoms with Gasteiger partial charge in [0.05, 0.1) is 33.1 Å². The van der Waals surface area contributed by atoms with Gasteiger partial charge in [0.25, 0.3) is 0 Å². The fraction of sp³-hybridized carbons (Fsp3) is 0.0930. The third-order valence-corrected chi connectivity index (χ3v) is 15.9. The highest BCUT2D eigenvalue weighted by atomic mass is 16.3. The van der Waals surface area contributed by atoms with Crippen molar-refractivity contribution in [1.29, 1.82) is 0 Å². The standard InChI is InChI=1S/2C13H10O.6C10H9N/c1-9-5-4-7-11-10-6-2-3-8-12(10)14-13(9)11;1-9-6-7-11-10-4-2-3-5-12(10)14-13(11)8-9;1-8-4-2-6-10-9(8)5-3-7-11-10;1-8-4-2-5-9-6-3-7-11-10(8)9;2*1-8-4-5-10-9(7-8)3-2-6-11-10;2*1-8-4-5-9-3-2-6-11-10(9)7-8/h2*2-8H,1H3;6*2-7H,1H3. The Morgan fingerprint density at radius 2 is 0.606 bits per heavy atom. The van der Waals surface area contributed by atoms with Crippen LogP contribution in [0.2, 0.25) is 0 Å². The van der Waals surface area contributed by atoms with Gasteiger partial charge in [0.2, 0.25) is 0 Å². The molecule has 8 nitrogen and oxygen atoms in total. The molecule has 0 N–H and O–H groups in total. The zero-order valence-corrected chi connectivity index (χ0v) is 54.4. The normalized spacial score (nSPS) is 10.6. The summed E-state index contributed by atoms with van der Waals surface area (Å²) in [5.74, 6) is 0. The third-order valence-electron chi connectivity index (χ3n) is 15.9. The van der Waals surface area contributed by atoms with Crippen molar-refractivity contribution < 1.29 is 8.83 Å². The molecule has 10 aromatic carbocycles. The number of para-hydroxylation sites is 4. The molecule has 0 amide bonds. The number of furan rings is 2. The first kappa shape index (κ1) is 63.8. The van der Waals surface area contributed by atoms with E-state index in [9.17, 15) is 0 Å². The molecule has 0 spiro atoms. The van der Waals surface area contributed by atoms with Gasteiger partial charge in [-0.1, -0.05) is 181 Å². The number of aromatic nitrogens is 6. The first-order chi connectivity index (χ1) is 45.9. The van der Waals surface area contributed by atoms with Gasteiger partial charge in [-0.25, -0.2) is 0 Å². The second-order valence-electron chi connectivity index (χ2n) is 23.2. The van der Waals surface area contributed by atoms with Gasteiger partial charge in [-0.3, -0.25) is 29.9 Å². The molecule has 0 saturated carbocycles. The molecule has 460 valence electrons. The summed E-state index contributed by atoms with van der Waals surface area (Å²) < 4.78 is 11.5. The summed E-state index contributed by atoms with van der Waals surface area (Å²) in [6, 6.07) is 90.6. The fourth-order valence-electron chi connectivity index (χ4n) is 11.0. The van der Waals surface area contributed by atoms with E-state index in [1.165, 1.54) is 98.4 Å². The molecule has 0 radical (unpaired) electrons. The predicted molar refractivity (Wildman–Crippen MR) is 396 cm³/mol. The first-order valence-electron chi connectivity index (χ1n) is 31.5. The summed E-state index contributed by atoms with van der Waals surface area (Å²) in [5.41, 5.74) is 20.4. The predicted octanol–water partition coefficient (Wildman–Crippen LogP) is 23.0. The zero-order valence-electron chi connectivity index (χ0n) is 54.4. The van der Waals surface area contributed by atoms with Crippen molar-refractivity contribution >= 4 is 109 Å². The minimum Gasteiger partial charge on any atom is -0.456 e. The van der Waals surface area contributed by atoms with E-state index in [0.29, 0.717) is 0 Å². The lowest BCUT2D eigenvalue weighted by Crippen LogP contribution is -1.80. The van der Waals surface area contributed by atoms with Crippen molar-refractivity contribution in [3.63, 3.8) is 0 Å². The number of hydrogen-bond donors (Lipinski definition) is 0. The maximum absolute atomic E-state index is 5.78. The number of aryl methyl sites for hydroxylation is 8. The van der Waals surface area contributed by atoms with E-state index in [1.807, 2.05) is 134 Å². The molecular formula is C86H74N6O2. The molecule has 18 rings (SSSR count). The van der Waals surface area contributed by atoms with Crippen LogP contribution in [0.5, 0.6) is 0 Å². The Labute approximate surface area is 549 Å². The summed E-state index contributed by atoms with van der Waals surface area (Å²) in [4.78, 5) is 25.5. The highest BCUT2D eigenvalue weighted by Crippen LogP contribution is 2.31. The number of fused-ring (bicyclic) bond motifs is 12. The van der Waals surface area contributed by atoms with E-state index >= 15 is 0 Å². The smallest absolute Gasteiger partial charge is 0.138 e. The fourth-order valence-corrected chi connectivity index (χ4v) is 11.0. The summed E-state index contributed by atoms with van der Waals surface area (Å²) in [5, 5.41) is 12.1. The average molecular weight is 1220 g/mol. The van der Waals surface area contributed by atoms with Gasteiger partial charge >= 0.3 is 0 Å². The SMILES string of the molecule is Cc1ccc2c(c1)oc1ccccc12.Cc1ccc2cccnc2c1.Cc1ccc2cccnc2c1.Cc1ccc2ncccc2c1.Cc1ccc2ncccc2c1.Cc1cccc2c1oc1ccccc12.Cc1cccc2cccnc12.Cc1cccc2ncccc12. The molecule has 94 heavy (non-hydrogen) atoms. The van der Waals surface area contributed by atoms with Crippen LogP contribution in [0.4, 0.5) is 0 Å². The monoisotopic (exact) mass is 1220 g/mol. The maximum atomic E-state index is 5.78. The van der Waals surface area contributed by atoms with Crippen LogP contribution < -0.4 is 0 Å². The average Bonchev–Trinajstić information content (AvgIpc) is 1.66. The van der Waals surface area contributed by atoms with Crippen LogP contribution in [0.1, 0.15) is 44.5 Å². The minimum atomic E-state index is 0.966. The Morgan fingerprint density at radius 1 is 0.213 bits per heavy atom. The molecule has 0 aliphatic rings. The Morgan fingerprint density at radius 3 is 1.20 bits per heavy atom. The lowest BCUT2D eigenvalue weighted by molar-refractivity contribution is 0.666. The van der Waals surface area contributed by atoms with Crippen molar-refractivity contribution in [2.24, 2.45) is 0 Å². The molecule has 0 bridgehead atoms. The molecule has 8 heterocycles. The molecule has 0 saturated heterocycles. The second kappa shape index (κ2) is 30.8. The van der Waals surface area contributed by atoms with E-state index in [1.54, 1.807) is 0 Å². The molecule has 0 fully saturated rings. The van der Waals surface area contributed by atoms with Crippen molar-refractivity contribution in [2.45, 2.75) is 55.4 Å². The number of nitrogens with zero attached hydrogens (tertiary/aromatic N) is 6. The number of rotatable bonds is 0. The van der Waals surface area contributed by atoms with Crippen LogP contribution in [0, 0.1) is 55.4 Å². The molecule has 0 unspecified atom stereocenters. The van der Waals surface area contributed by atoms with Gasteiger partial charge < -0.3 is 8.83 Å². The molecular weight excluding hydrogens is 1150 g/mol. The van der Waals surface area contributed by atoms with Gasteiger partial charge in [-0.15, -0.1) is 0 Å². The first-order valence-corrected chi connectivity index (χ1v) is 31.5. The highest BCUT2D eigenvalue weighted by molar-refractivity contribution is 6.06. The van der Waals surface area contributed by atoms with Crippen molar-refractivity contribution in [2.75, 3.05) is 0 Å². The minimum absolute atomic E-state index is 0.966. The van der Waals surface area contributed by atoms with Crippen molar-refractivity contribution in [1.82, 2.24) is 29.9 Å². The van der Waals surface area contributed by atoms with E-state index in [-0.39, 0.29) is 0 Å². The van der Waals surface area contributed by atoms with Crippen LogP contribution in [0.15, 0.2) is 313 Å². The van der Waals surface area contributed by atoms with E-state index in [4.69, 9.17) is 8.83 Å². The van der Waals surface area contributed by atoms with Gasteiger partial charge in [0, 0.05) is 91.0 Å². The summed E-state index contributed by atoms with van der Waals surface area (Å²) in [6.45, 7) is 16.7. The van der Waals surface area contributed by atoms with Crippen LogP contribution >= 0.6 is 0 Å². The highest BCUT2D eigenvalue weighted by Gasteiger charge is 2.08. The van der Waals surface area contributed by atoms with Gasteiger partial charge in [0.15, 0.2) is 0 Å². The molecule has 8 heteroatoms. The number of benzene rings is 10. The Bertz CT molecular complexity index is 5120. The third kappa shape index (κ3) is 16.4. The van der Waals surface area contributed by atoms with Gasteiger partial charge in [-0.2, -0.15) is 0 Å². The topological polar surface area (TPSA) is 104 Å². The van der Waals surface area contributed by atoms with Gasteiger partial charge in [-0.05, 0) is 186 Å². The zero-order chi connectivity index (χ0) is 65.2.